The maximum atomic E-state index is 15.1. The maximum Gasteiger partial charge on any atom is 0.166 e. The molecule has 1 atom stereocenters. The molecule has 1 aliphatic carbocycles. The second-order valence-corrected chi connectivity index (χ2v) is 9.22. The predicted octanol–water partition coefficient (Wildman–Crippen LogP) is 8.21. The van der Waals surface area contributed by atoms with E-state index in [2.05, 4.69) is 6.08 Å². The van der Waals surface area contributed by atoms with E-state index in [0.29, 0.717) is 23.7 Å². The summed E-state index contributed by atoms with van der Waals surface area (Å²) in [6.45, 7) is 3.89. The van der Waals surface area contributed by atoms with Crippen molar-refractivity contribution in [3.8, 4) is 16.9 Å². The standard InChI is InChI=1S/C30H31F3O2/c1-3-35-28-17-8-21(18-27(28)31)5-4-20-6-9-23(10-7-20)25-15-16-26(30(33)29(25)32)24-13-11-22(12-14-24)19(2)34/h4-5,8,11-20,23,34H,3,6-7,9-10H2,1-2H3/b5-4+. The molecule has 184 valence electrons. The fourth-order valence-electron chi connectivity index (χ4n) is 4.81. The van der Waals surface area contributed by atoms with Crippen LogP contribution in [0.3, 0.4) is 0 Å². The number of ether oxygens (including phenoxy) is 1. The van der Waals surface area contributed by atoms with Crippen molar-refractivity contribution in [2.75, 3.05) is 6.61 Å². The van der Waals surface area contributed by atoms with Gasteiger partial charge in [0.1, 0.15) is 0 Å². The Morgan fingerprint density at radius 3 is 2.29 bits per heavy atom. The Morgan fingerprint density at radius 1 is 0.943 bits per heavy atom. The van der Waals surface area contributed by atoms with Crippen LogP contribution in [0.5, 0.6) is 5.75 Å². The van der Waals surface area contributed by atoms with Crippen LogP contribution in [-0.2, 0) is 0 Å². The molecule has 1 N–H and O–H groups in total. The highest BCUT2D eigenvalue weighted by molar-refractivity contribution is 5.65. The Balaban J connectivity index is 1.40. The molecule has 0 bridgehead atoms. The van der Waals surface area contributed by atoms with Gasteiger partial charge in [-0.25, -0.2) is 13.2 Å². The van der Waals surface area contributed by atoms with E-state index in [4.69, 9.17) is 4.74 Å². The molecule has 4 rings (SSSR count). The summed E-state index contributed by atoms with van der Waals surface area (Å²) in [5.41, 5.74) is 2.74. The first-order chi connectivity index (χ1) is 16.9. The number of halogens is 3. The van der Waals surface area contributed by atoms with Crippen molar-refractivity contribution in [2.45, 2.75) is 51.6 Å². The van der Waals surface area contributed by atoms with E-state index in [0.717, 1.165) is 36.8 Å². The largest absolute Gasteiger partial charge is 0.491 e. The molecule has 5 heteroatoms. The molecule has 0 spiro atoms. The van der Waals surface area contributed by atoms with Gasteiger partial charge in [-0.15, -0.1) is 0 Å². The average Bonchev–Trinajstić information content (AvgIpc) is 2.86. The van der Waals surface area contributed by atoms with Crippen LogP contribution >= 0.6 is 0 Å². The maximum absolute atomic E-state index is 15.1. The first-order valence-corrected chi connectivity index (χ1v) is 12.2. The van der Waals surface area contributed by atoms with Gasteiger partial charge in [0.15, 0.2) is 23.2 Å². The SMILES string of the molecule is CCOc1ccc(/C=C/C2CCC(c3ccc(-c4ccc(C(C)O)cc4)c(F)c3F)CC2)cc1F. The van der Waals surface area contributed by atoms with Crippen molar-refractivity contribution in [1.29, 1.82) is 0 Å². The number of hydrogen-bond donors (Lipinski definition) is 1. The molecular weight excluding hydrogens is 449 g/mol. The lowest BCUT2D eigenvalue weighted by atomic mass is 9.78. The van der Waals surface area contributed by atoms with Crippen LogP contribution in [-0.4, -0.2) is 11.7 Å². The number of benzene rings is 3. The van der Waals surface area contributed by atoms with Crippen molar-refractivity contribution < 1.29 is 23.0 Å². The Kier molecular flexibility index (Phi) is 7.97. The smallest absolute Gasteiger partial charge is 0.166 e. The molecule has 2 nitrogen and oxygen atoms in total. The molecule has 35 heavy (non-hydrogen) atoms. The van der Waals surface area contributed by atoms with Gasteiger partial charge in [-0.1, -0.05) is 54.6 Å². The van der Waals surface area contributed by atoms with Gasteiger partial charge in [0, 0.05) is 5.56 Å². The van der Waals surface area contributed by atoms with Gasteiger partial charge >= 0.3 is 0 Å². The Morgan fingerprint density at radius 2 is 1.66 bits per heavy atom. The van der Waals surface area contributed by atoms with Gasteiger partial charge in [-0.2, -0.15) is 0 Å². The summed E-state index contributed by atoms with van der Waals surface area (Å²) in [5.74, 6) is -1.43. The van der Waals surface area contributed by atoms with Gasteiger partial charge in [0.05, 0.1) is 12.7 Å². The summed E-state index contributed by atoms with van der Waals surface area (Å²) in [7, 11) is 0. The molecule has 0 radical (unpaired) electrons. The normalized spacial score (nSPS) is 19.1. The second-order valence-electron chi connectivity index (χ2n) is 9.22. The zero-order valence-electron chi connectivity index (χ0n) is 20.1. The lowest BCUT2D eigenvalue weighted by molar-refractivity contribution is 0.199. The number of hydrogen-bond acceptors (Lipinski definition) is 2. The van der Waals surface area contributed by atoms with Crippen LogP contribution in [0.15, 0.2) is 60.7 Å². The minimum absolute atomic E-state index is 0.0243. The van der Waals surface area contributed by atoms with Crippen molar-refractivity contribution in [1.82, 2.24) is 0 Å². The number of allylic oxidation sites excluding steroid dienone is 1. The van der Waals surface area contributed by atoms with Crippen LogP contribution in [0, 0.1) is 23.4 Å². The van der Waals surface area contributed by atoms with Crippen LogP contribution < -0.4 is 4.74 Å². The average molecular weight is 481 g/mol. The third-order valence-electron chi connectivity index (χ3n) is 6.84. The highest BCUT2D eigenvalue weighted by Crippen LogP contribution is 2.39. The van der Waals surface area contributed by atoms with Gasteiger partial charge in [-0.05, 0) is 85.8 Å². The summed E-state index contributed by atoms with van der Waals surface area (Å²) < 4.78 is 49.3. The van der Waals surface area contributed by atoms with Crippen molar-refractivity contribution in [2.24, 2.45) is 5.92 Å². The van der Waals surface area contributed by atoms with Gasteiger partial charge in [0.2, 0.25) is 0 Å². The van der Waals surface area contributed by atoms with Crippen molar-refractivity contribution in [3.63, 3.8) is 0 Å². The number of aliphatic hydroxyl groups excluding tert-OH is 1. The highest BCUT2D eigenvalue weighted by atomic mass is 19.2. The van der Waals surface area contributed by atoms with Crippen LogP contribution in [0.4, 0.5) is 13.2 Å². The van der Waals surface area contributed by atoms with Gasteiger partial charge < -0.3 is 9.84 Å². The van der Waals surface area contributed by atoms with E-state index in [-0.39, 0.29) is 23.0 Å². The zero-order chi connectivity index (χ0) is 24.9. The predicted molar refractivity (Wildman–Crippen MR) is 134 cm³/mol. The minimum atomic E-state index is -0.827. The highest BCUT2D eigenvalue weighted by Gasteiger charge is 2.25. The molecule has 3 aromatic carbocycles. The first-order valence-electron chi connectivity index (χ1n) is 12.2. The molecule has 3 aromatic rings. The Hall–Kier alpha value is -3.05. The summed E-state index contributed by atoms with van der Waals surface area (Å²) in [4.78, 5) is 0. The first kappa shape index (κ1) is 25.1. The van der Waals surface area contributed by atoms with Crippen molar-refractivity contribution >= 4 is 6.08 Å². The van der Waals surface area contributed by atoms with E-state index in [1.165, 1.54) is 6.07 Å². The van der Waals surface area contributed by atoms with Crippen molar-refractivity contribution in [3.05, 3.63) is 94.8 Å². The molecule has 0 aromatic heterocycles. The number of aliphatic hydroxyl groups is 1. The molecule has 0 aliphatic heterocycles. The zero-order valence-corrected chi connectivity index (χ0v) is 20.1. The molecular formula is C30H31F3O2. The Labute approximate surface area is 205 Å². The van der Waals surface area contributed by atoms with E-state index in [1.54, 1.807) is 49.4 Å². The van der Waals surface area contributed by atoms with Gasteiger partial charge in [0.25, 0.3) is 0 Å². The fraction of sp³-hybridized carbons (Fsp3) is 0.333. The van der Waals surface area contributed by atoms with Gasteiger partial charge in [-0.3, -0.25) is 0 Å². The van der Waals surface area contributed by atoms with E-state index in [1.807, 2.05) is 19.1 Å². The van der Waals surface area contributed by atoms with Crippen LogP contribution in [0.2, 0.25) is 0 Å². The summed E-state index contributed by atoms with van der Waals surface area (Å²) >= 11 is 0. The number of rotatable bonds is 7. The van der Waals surface area contributed by atoms with E-state index < -0.39 is 17.7 Å². The van der Waals surface area contributed by atoms with E-state index >= 15 is 4.39 Å². The molecule has 1 aliphatic rings. The molecule has 0 saturated heterocycles. The topological polar surface area (TPSA) is 29.5 Å². The van der Waals surface area contributed by atoms with Crippen LogP contribution in [0.1, 0.15) is 68.2 Å². The third-order valence-corrected chi connectivity index (χ3v) is 6.84. The molecule has 1 unspecified atom stereocenters. The minimum Gasteiger partial charge on any atom is -0.491 e. The van der Waals surface area contributed by atoms with Crippen LogP contribution in [0.25, 0.3) is 17.2 Å². The fourth-order valence-corrected chi connectivity index (χ4v) is 4.81. The summed E-state index contributed by atoms with van der Waals surface area (Å²) in [6, 6.07) is 15.1. The molecule has 0 amide bonds. The lowest BCUT2D eigenvalue weighted by Gasteiger charge is -2.27. The second kappa shape index (κ2) is 11.1. The van der Waals surface area contributed by atoms with E-state index in [9.17, 15) is 13.9 Å². The molecule has 1 fully saturated rings. The summed E-state index contributed by atoms with van der Waals surface area (Å²) in [6.07, 6.45) is 6.66. The summed E-state index contributed by atoms with van der Waals surface area (Å²) in [5, 5.41) is 9.66. The molecule has 1 saturated carbocycles. The molecule has 0 heterocycles. The Bertz CT molecular complexity index is 1180. The third kappa shape index (κ3) is 5.79. The quantitative estimate of drug-likeness (QED) is 0.369. The lowest BCUT2D eigenvalue weighted by Crippen LogP contribution is -2.13. The monoisotopic (exact) mass is 480 g/mol.